The van der Waals surface area contributed by atoms with Gasteiger partial charge in [0, 0.05) is 24.7 Å². The zero-order valence-electron chi connectivity index (χ0n) is 14.7. The second-order valence-electron chi connectivity index (χ2n) is 6.67. The fourth-order valence-electron chi connectivity index (χ4n) is 3.22. The van der Waals surface area contributed by atoms with Crippen molar-refractivity contribution in [2.24, 2.45) is 11.7 Å². The first kappa shape index (κ1) is 20.9. The number of hydrogen-bond acceptors (Lipinski definition) is 3. The summed E-state index contributed by atoms with van der Waals surface area (Å²) in [6.45, 7) is 0.518. The number of likely N-dealkylation sites (tertiary alicyclic amines) is 1. The monoisotopic (exact) mass is 392 g/mol. The van der Waals surface area contributed by atoms with Crippen LogP contribution in [-0.2, 0) is 4.79 Å². The van der Waals surface area contributed by atoms with Crippen molar-refractivity contribution in [3.63, 3.8) is 0 Å². The van der Waals surface area contributed by atoms with Crippen molar-refractivity contribution < 1.29 is 19.1 Å². The Kier molecular flexibility index (Phi) is 6.93. The molecule has 0 saturated carbocycles. The first-order valence-corrected chi connectivity index (χ1v) is 8.57. The number of halogens is 2. The second kappa shape index (κ2) is 8.97. The van der Waals surface area contributed by atoms with Gasteiger partial charge >= 0.3 is 5.97 Å². The minimum absolute atomic E-state index is 0. The highest BCUT2D eigenvalue weighted by atomic mass is 35.5. The fourth-order valence-corrected chi connectivity index (χ4v) is 3.22. The van der Waals surface area contributed by atoms with E-state index < -0.39 is 11.9 Å². The van der Waals surface area contributed by atoms with Crippen LogP contribution in [0.2, 0.25) is 0 Å². The molecule has 5 nitrogen and oxygen atoms in total. The van der Waals surface area contributed by atoms with Crippen molar-refractivity contribution in [1.82, 2.24) is 4.90 Å². The lowest BCUT2D eigenvalue weighted by Gasteiger charge is -2.24. The summed E-state index contributed by atoms with van der Waals surface area (Å²) in [6, 6.07) is 12.9. The maximum atomic E-state index is 13.0. The molecule has 27 heavy (non-hydrogen) atoms. The average Bonchev–Trinajstić information content (AvgIpc) is 2.84. The van der Waals surface area contributed by atoms with Gasteiger partial charge in [0.05, 0.1) is 5.92 Å². The molecule has 0 bridgehead atoms. The van der Waals surface area contributed by atoms with E-state index in [0.29, 0.717) is 24.9 Å². The molecule has 0 spiro atoms. The van der Waals surface area contributed by atoms with Crippen molar-refractivity contribution >= 4 is 24.3 Å². The Balaban J connectivity index is 0.00000261. The molecular weight excluding hydrogens is 371 g/mol. The number of carboxylic acids is 1. The molecule has 2 atom stereocenters. The smallest absolute Gasteiger partial charge is 0.308 e. The van der Waals surface area contributed by atoms with E-state index >= 15 is 0 Å². The van der Waals surface area contributed by atoms with Gasteiger partial charge < -0.3 is 15.7 Å². The van der Waals surface area contributed by atoms with Gasteiger partial charge in [-0.15, -0.1) is 12.4 Å². The Hall–Kier alpha value is -2.44. The van der Waals surface area contributed by atoms with Crippen molar-refractivity contribution in [3.05, 3.63) is 59.9 Å². The quantitative estimate of drug-likeness (QED) is 0.840. The zero-order chi connectivity index (χ0) is 18.7. The summed E-state index contributed by atoms with van der Waals surface area (Å²) in [7, 11) is 0. The SMILES string of the molecule is Cl.N[C@@H]1CC[C@H](C(=O)O)CN(C(=O)c2ccc(-c3ccc(F)cc3)cc2)C1. The first-order chi connectivity index (χ1) is 12.4. The van der Waals surface area contributed by atoms with E-state index in [-0.39, 0.29) is 36.7 Å². The lowest BCUT2D eigenvalue weighted by atomic mass is 10.0. The van der Waals surface area contributed by atoms with Crippen LogP contribution in [0.15, 0.2) is 48.5 Å². The van der Waals surface area contributed by atoms with Crippen LogP contribution in [0, 0.1) is 11.7 Å². The highest BCUT2D eigenvalue weighted by Crippen LogP contribution is 2.22. The number of carbonyl (C=O) groups is 2. The van der Waals surface area contributed by atoms with Crippen LogP contribution in [-0.4, -0.2) is 41.0 Å². The van der Waals surface area contributed by atoms with Crippen molar-refractivity contribution in [1.29, 1.82) is 0 Å². The molecule has 0 aromatic heterocycles. The minimum atomic E-state index is -0.899. The van der Waals surface area contributed by atoms with E-state index in [1.54, 1.807) is 36.4 Å². The Labute approximate surface area is 163 Å². The molecule has 2 aromatic carbocycles. The molecule has 1 amide bonds. The number of carboxylic acid groups (broad SMARTS) is 1. The molecule has 0 radical (unpaired) electrons. The minimum Gasteiger partial charge on any atom is -0.481 e. The number of aliphatic carboxylic acids is 1. The molecule has 0 unspecified atom stereocenters. The summed E-state index contributed by atoms with van der Waals surface area (Å²) in [5, 5.41) is 9.30. The molecule has 0 aliphatic carbocycles. The van der Waals surface area contributed by atoms with E-state index in [1.807, 2.05) is 0 Å². The number of carbonyl (C=O) groups excluding carboxylic acids is 1. The third kappa shape index (κ3) is 5.05. The molecule has 3 N–H and O–H groups in total. The topological polar surface area (TPSA) is 83.6 Å². The second-order valence-corrected chi connectivity index (χ2v) is 6.67. The van der Waals surface area contributed by atoms with Gasteiger partial charge in [-0.1, -0.05) is 24.3 Å². The Morgan fingerprint density at radius 3 is 2.07 bits per heavy atom. The first-order valence-electron chi connectivity index (χ1n) is 8.57. The maximum Gasteiger partial charge on any atom is 0.308 e. The van der Waals surface area contributed by atoms with Crippen molar-refractivity contribution in [3.8, 4) is 11.1 Å². The van der Waals surface area contributed by atoms with Gasteiger partial charge in [0.15, 0.2) is 0 Å². The van der Waals surface area contributed by atoms with Crippen molar-refractivity contribution in [2.75, 3.05) is 13.1 Å². The summed E-state index contributed by atoms with van der Waals surface area (Å²) in [6.07, 6.45) is 1.06. The lowest BCUT2D eigenvalue weighted by molar-refractivity contribution is -0.142. The Bertz CT molecular complexity index is 796. The van der Waals surface area contributed by atoms with Crippen LogP contribution in [0.4, 0.5) is 4.39 Å². The molecule has 1 saturated heterocycles. The molecule has 1 fully saturated rings. The van der Waals surface area contributed by atoms with E-state index in [9.17, 15) is 19.1 Å². The van der Waals surface area contributed by atoms with Gasteiger partial charge in [0.2, 0.25) is 0 Å². The predicted octanol–water partition coefficient (Wildman–Crippen LogP) is 3.18. The van der Waals surface area contributed by atoms with Crippen molar-refractivity contribution in [2.45, 2.75) is 18.9 Å². The van der Waals surface area contributed by atoms with Gasteiger partial charge in [-0.3, -0.25) is 9.59 Å². The summed E-state index contributed by atoms with van der Waals surface area (Å²) in [5.74, 6) is -2.01. The summed E-state index contributed by atoms with van der Waals surface area (Å²) >= 11 is 0. The molecular formula is C20H22ClFN2O3. The molecule has 144 valence electrons. The van der Waals surface area contributed by atoms with Crippen LogP contribution >= 0.6 is 12.4 Å². The average molecular weight is 393 g/mol. The van der Waals surface area contributed by atoms with Crippen LogP contribution in [0.3, 0.4) is 0 Å². The summed E-state index contributed by atoms with van der Waals surface area (Å²) < 4.78 is 13.0. The molecule has 2 aromatic rings. The van der Waals surface area contributed by atoms with Crippen LogP contribution < -0.4 is 5.73 Å². The fraction of sp³-hybridized carbons (Fsp3) is 0.300. The molecule has 1 aliphatic heterocycles. The zero-order valence-corrected chi connectivity index (χ0v) is 15.5. The number of nitrogens with zero attached hydrogens (tertiary/aromatic N) is 1. The van der Waals surface area contributed by atoms with Crippen LogP contribution in [0.5, 0.6) is 0 Å². The summed E-state index contributed by atoms with van der Waals surface area (Å²) in [5.41, 5.74) is 8.21. The number of rotatable bonds is 3. The maximum absolute atomic E-state index is 13.0. The molecule has 1 aliphatic rings. The molecule has 1 heterocycles. The van der Waals surface area contributed by atoms with Gasteiger partial charge in [-0.25, -0.2) is 4.39 Å². The normalized spacial score (nSPS) is 19.7. The number of amides is 1. The number of hydrogen-bond donors (Lipinski definition) is 2. The molecule has 3 rings (SSSR count). The van der Waals surface area contributed by atoms with E-state index in [1.165, 1.54) is 17.0 Å². The van der Waals surface area contributed by atoms with Gasteiger partial charge in [0.25, 0.3) is 5.91 Å². The molecule has 7 heteroatoms. The third-order valence-corrected chi connectivity index (χ3v) is 4.73. The number of nitrogens with two attached hydrogens (primary N) is 1. The standard InChI is InChI=1S/C20H21FN2O3.ClH/c21-17-8-5-14(6-9-17)13-1-3-15(4-2-13)19(24)23-11-16(20(25)26)7-10-18(22)12-23;/h1-6,8-9,16,18H,7,10-12,22H2,(H,25,26);1H/t16-,18+;/m0./s1. The number of benzene rings is 2. The largest absolute Gasteiger partial charge is 0.481 e. The van der Waals surface area contributed by atoms with Crippen LogP contribution in [0.1, 0.15) is 23.2 Å². The Morgan fingerprint density at radius 1 is 0.963 bits per heavy atom. The van der Waals surface area contributed by atoms with E-state index in [2.05, 4.69) is 0 Å². The third-order valence-electron chi connectivity index (χ3n) is 4.73. The lowest BCUT2D eigenvalue weighted by Crippen LogP contribution is -2.41. The predicted molar refractivity (Wildman–Crippen MR) is 103 cm³/mol. The van der Waals surface area contributed by atoms with Gasteiger partial charge in [-0.2, -0.15) is 0 Å². The highest BCUT2D eigenvalue weighted by Gasteiger charge is 2.29. The van der Waals surface area contributed by atoms with E-state index in [4.69, 9.17) is 5.73 Å². The highest BCUT2D eigenvalue weighted by molar-refractivity contribution is 5.95. The van der Waals surface area contributed by atoms with Gasteiger partial charge in [0.1, 0.15) is 5.82 Å². The van der Waals surface area contributed by atoms with Crippen LogP contribution in [0.25, 0.3) is 11.1 Å². The van der Waals surface area contributed by atoms with Gasteiger partial charge in [-0.05, 0) is 48.2 Å². The Morgan fingerprint density at radius 2 is 1.52 bits per heavy atom. The summed E-state index contributed by atoms with van der Waals surface area (Å²) in [4.78, 5) is 25.7. The van der Waals surface area contributed by atoms with E-state index in [0.717, 1.165) is 11.1 Å².